The number of ether oxygens (including phenoxy) is 2. The van der Waals surface area contributed by atoms with Gasteiger partial charge in [0.15, 0.2) is 6.10 Å². The first-order valence-corrected chi connectivity index (χ1v) is 7.74. The summed E-state index contributed by atoms with van der Waals surface area (Å²) in [5.41, 5.74) is 1.26. The molecule has 2 rings (SSSR count). The first kappa shape index (κ1) is 17.8. The predicted molar refractivity (Wildman–Crippen MR) is 91.2 cm³/mol. The molecule has 0 aliphatic heterocycles. The highest BCUT2D eigenvalue weighted by Crippen LogP contribution is 2.12. The van der Waals surface area contributed by atoms with Crippen molar-refractivity contribution in [3.05, 3.63) is 64.7 Å². The van der Waals surface area contributed by atoms with Gasteiger partial charge in [-0.2, -0.15) is 0 Å². The van der Waals surface area contributed by atoms with Crippen LogP contribution < -0.4 is 10.1 Å². The van der Waals surface area contributed by atoms with Gasteiger partial charge in [0.1, 0.15) is 5.75 Å². The Hall–Kier alpha value is -2.53. The summed E-state index contributed by atoms with van der Waals surface area (Å²) in [5, 5.41) is 3.25. The Kier molecular flexibility index (Phi) is 6.21. The third-order valence-electron chi connectivity index (χ3n) is 3.36. The quantitative estimate of drug-likeness (QED) is 0.815. The summed E-state index contributed by atoms with van der Waals surface area (Å²) in [6, 6.07) is 13.6. The van der Waals surface area contributed by atoms with E-state index in [1.54, 1.807) is 31.4 Å². The van der Waals surface area contributed by atoms with Crippen LogP contribution in [0.25, 0.3) is 0 Å². The fourth-order valence-corrected chi connectivity index (χ4v) is 2.07. The number of halogens is 1. The number of amides is 1. The van der Waals surface area contributed by atoms with E-state index in [0.29, 0.717) is 17.1 Å². The monoisotopic (exact) mass is 347 g/mol. The van der Waals surface area contributed by atoms with Gasteiger partial charge in [-0.05, 0) is 48.9 Å². The van der Waals surface area contributed by atoms with Gasteiger partial charge in [-0.15, -0.1) is 0 Å². The van der Waals surface area contributed by atoms with E-state index in [1.165, 1.54) is 6.92 Å². The van der Waals surface area contributed by atoms with Crippen LogP contribution in [0.4, 0.5) is 0 Å². The highest BCUT2D eigenvalue weighted by Gasteiger charge is 2.18. The lowest BCUT2D eigenvalue weighted by atomic mass is 10.2. The fourth-order valence-electron chi connectivity index (χ4n) is 1.94. The van der Waals surface area contributed by atoms with Crippen LogP contribution in [0.15, 0.2) is 48.5 Å². The molecule has 0 heterocycles. The zero-order chi connectivity index (χ0) is 17.5. The van der Waals surface area contributed by atoms with Crippen molar-refractivity contribution in [3.63, 3.8) is 0 Å². The minimum Gasteiger partial charge on any atom is -0.497 e. The van der Waals surface area contributed by atoms with Crippen LogP contribution in [-0.4, -0.2) is 25.1 Å². The van der Waals surface area contributed by atoms with Crippen LogP contribution >= 0.6 is 11.6 Å². The highest BCUT2D eigenvalue weighted by atomic mass is 35.5. The molecule has 1 amide bonds. The van der Waals surface area contributed by atoms with Crippen LogP contribution in [-0.2, 0) is 16.1 Å². The molecule has 2 aromatic carbocycles. The molecule has 5 nitrogen and oxygen atoms in total. The van der Waals surface area contributed by atoms with Gasteiger partial charge in [-0.25, -0.2) is 4.79 Å². The Morgan fingerprint density at radius 1 is 1.08 bits per heavy atom. The zero-order valence-corrected chi connectivity index (χ0v) is 14.2. The van der Waals surface area contributed by atoms with E-state index in [4.69, 9.17) is 21.1 Å². The van der Waals surface area contributed by atoms with Crippen LogP contribution in [0, 0.1) is 0 Å². The Morgan fingerprint density at radius 3 is 2.29 bits per heavy atom. The molecule has 1 atom stereocenters. The summed E-state index contributed by atoms with van der Waals surface area (Å²) in [6.07, 6.45) is -0.897. The molecule has 6 heteroatoms. The molecule has 0 bridgehead atoms. The molecule has 0 aliphatic carbocycles. The molecule has 0 saturated carbocycles. The topological polar surface area (TPSA) is 64.6 Å². The van der Waals surface area contributed by atoms with Crippen molar-refractivity contribution in [1.82, 2.24) is 5.32 Å². The van der Waals surface area contributed by atoms with Gasteiger partial charge in [-0.3, -0.25) is 4.79 Å². The molecule has 2 aromatic rings. The standard InChI is InChI=1S/C18H18ClNO4/c1-12(24-18(22)14-5-7-15(19)8-6-14)17(21)20-11-13-3-9-16(23-2)10-4-13/h3-10,12H,11H2,1-2H3,(H,20,21)/t12-/m0/s1. The maximum absolute atomic E-state index is 12.0. The van der Waals surface area contributed by atoms with Gasteiger partial charge in [-0.1, -0.05) is 23.7 Å². The van der Waals surface area contributed by atoms with Crippen molar-refractivity contribution >= 4 is 23.5 Å². The first-order chi connectivity index (χ1) is 11.5. The smallest absolute Gasteiger partial charge is 0.338 e. The van der Waals surface area contributed by atoms with Gasteiger partial charge in [0, 0.05) is 11.6 Å². The second-order valence-corrected chi connectivity index (χ2v) is 5.56. The molecule has 0 aromatic heterocycles. The number of rotatable bonds is 6. The molecule has 0 unspecified atom stereocenters. The molecule has 0 saturated heterocycles. The van der Waals surface area contributed by atoms with E-state index in [1.807, 2.05) is 24.3 Å². The average molecular weight is 348 g/mol. The number of carbonyl (C=O) groups excluding carboxylic acids is 2. The van der Waals surface area contributed by atoms with Crippen molar-refractivity contribution < 1.29 is 19.1 Å². The van der Waals surface area contributed by atoms with Gasteiger partial charge >= 0.3 is 5.97 Å². The lowest BCUT2D eigenvalue weighted by Gasteiger charge is -2.13. The van der Waals surface area contributed by atoms with E-state index < -0.39 is 12.1 Å². The Bertz CT molecular complexity index is 698. The van der Waals surface area contributed by atoms with Crippen molar-refractivity contribution in [1.29, 1.82) is 0 Å². The summed E-state index contributed by atoms with van der Waals surface area (Å²) in [4.78, 5) is 24.0. The molecule has 1 N–H and O–H groups in total. The lowest BCUT2D eigenvalue weighted by Crippen LogP contribution is -2.35. The molecule has 24 heavy (non-hydrogen) atoms. The number of hydrogen-bond donors (Lipinski definition) is 1. The Labute approximate surface area is 145 Å². The van der Waals surface area contributed by atoms with E-state index in [-0.39, 0.29) is 5.91 Å². The Morgan fingerprint density at radius 2 is 1.71 bits per heavy atom. The lowest BCUT2D eigenvalue weighted by molar-refractivity contribution is -0.129. The molecular formula is C18H18ClNO4. The van der Waals surface area contributed by atoms with Crippen molar-refractivity contribution in [2.45, 2.75) is 19.6 Å². The van der Waals surface area contributed by atoms with Gasteiger partial charge < -0.3 is 14.8 Å². The van der Waals surface area contributed by atoms with Crippen LogP contribution in [0.2, 0.25) is 5.02 Å². The molecular weight excluding hydrogens is 330 g/mol. The van der Waals surface area contributed by atoms with Gasteiger partial charge in [0.2, 0.25) is 0 Å². The maximum atomic E-state index is 12.0. The summed E-state index contributed by atoms with van der Waals surface area (Å²) in [7, 11) is 1.59. The molecule has 0 spiro atoms. The largest absolute Gasteiger partial charge is 0.497 e. The van der Waals surface area contributed by atoms with Crippen molar-refractivity contribution in [3.8, 4) is 5.75 Å². The first-order valence-electron chi connectivity index (χ1n) is 7.37. The number of esters is 1. The van der Waals surface area contributed by atoms with E-state index >= 15 is 0 Å². The number of nitrogens with one attached hydrogen (secondary N) is 1. The summed E-state index contributed by atoms with van der Waals surface area (Å²) >= 11 is 5.77. The third kappa shape index (κ3) is 4.99. The summed E-state index contributed by atoms with van der Waals surface area (Å²) < 4.78 is 10.2. The van der Waals surface area contributed by atoms with E-state index in [0.717, 1.165) is 11.3 Å². The minimum absolute atomic E-state index is 0.339. The number of methoxy groups -OCH3 is 1. The van der Waals surface area contributed by atoms with E-state index in [9.17, 15) is 9.59 Å². The Balaban J connectivity index is 1.84. The SMILES string of the molecule is COc1ccc(CNC(=O)[C@H](C)OC(=O)c2ccc(Cl)cc2)cc1. The normalized spacial score (nSPS) is 11.5. The second kappa shape index (κ2) is 8.36. The molecule has 0 aliphatic rings. The third-order valence-corrected chi connectivity index (χ3v) is 3.61. The van der Waals surface area contributed by atoms with Crippen molar-refractivity contribution in [2.24, 2.45) is 0 Å². The van der Waals surface area contributed by atoms with Gasteiger partial charge in [0.25, 0.3) is 5.91 Å². The summed E-state index contributed by atoms with van der Waals surface area (Å²) in [5.74, 6) is -0.192. The molecule has 0 fully saturated rings. The number of carbonyl (C=O) groups is 2. The second-order valence-electron chi connectivity index (χ2n) is 5.12. The molecule has 0 radical (unpaired) electrons. The minimum atomic E-state index is -0.897. The summed E-state index contributed by atoms with van der Waals surface area (Å²) in [6.45, 7) is 1.86. The van der Waals surface area contributed by atoms with Crippen LogP contribution in [0.3, 0.4) is 0 Å². The highest BCUT2D eigenvalue weighted by molar-refractivity contribution is 6.30. The molecule has 126 valence electrons. The zero-order valence-electron chi connectivity index (χ0n) is 13.4. The van der Waals surface area contributed by atoms with Gasteiger partial charge in [0.05, 0.1) is 12.7 Å². The number of hydrogen-bond acceptors (Lipinski definition) is 4. The average Bonchev–Trinajstić information content (AvgIpc) is 2.60. The predicted octanol–water partition coefficient (Wildman–Crippen LogP) is 3.21. The van der Waals surface area contributed by atoms with Crippen LogP contribution in [0.1, 0.15) is 22.8 Å². The maximum Gasteiger partial charge on any atom is 0.338 e. The van der Waals surface area contributed by atoms with Crippen LogP contribution in [0.5, 0.6) is 5.75 Å². The van der Waals surface area contributed by atoms with E-state index in [2.05, 4.69) is 5.32 Å². The van der Waals surface area contributed by atoms with Crippen molar-refractivity contribution in [2.75, 3.05) is 7.11 Å². The fraction of sp³-hybridized carbons (Fsp3) is 0.222. The number of benzene rings is 2.